The van der Waals surface area contributed by atoms with Crippen molar-refractivity contribution in [2.45, 2.75) is 18.7 Å². The van der Waals surface area contributed by atoms with Crippen molar-refractivity contribution in [1.29, 1.82) is 0 Å². The number of hydrogen-bond donors (Lipinski definition) is 0. The first-order valence-electron chi connectivity index (χ1n) is 9.75. The first kappa shape index (κ1) is 17.7. The molecule has 2 aliphatic rings. The Morgan fingerprint density at radius 1 is 0.966 bits per heavy atom. The summed E-state index contributed by atoms with van der Waals surface area (Å²) in [5.74, 6) is 0.656. The number of rotatable bonds is 3. The molecule has 0 N–H and O–H groups in total. The van der Waals surface area contributed by atoms with Crippen molar-refractivity contribution >= 4 is 11.4 Å². The molecule has 2 atom stereocenters. The van der Waals surface area contributed by atoms with E-state index in [-0.39, 0.29) is 18.1 Å². The van der Waals surface area contributed by atoms with Crippen LogP contribution in [0.25, 0.3) is 0 Å². The lowest BCUT2D eigenvalue weighted by atomic mass is 9.96. The zero-order chi connectivity index (χ0) is 20.0. The van der Waals surface area contributed by atoms with Gasteiger partial charge in [0, 0.05) is 37.3 Å². The molecular formula is C24H22FN3O. The molecule has 0 unspecified atom stereocenters. The van der Waals surface area contributed by atoms with E-state index in [1.165, 1.54) is 12.1 Å². The van der Waals surface area contributed by atoms with Crippen molar-refractivity contribution in [1.82, 2.24) is 5.01 Å². The monoisotopic (exact) mass is 387 g/mol. The molecule has 2 heterocycles. The highest BCUT2D eigenvalue weighted by Gasteiger charge is 2.40. The molecule has 0 saturated heterocycles. The van der Waals surface area contributed by atoms with Crippen molar-refractivity contribution in [3.63, 3.8) is 0 Å². The van der Waals surface area contributed by atoms with Gasteiger partial charge in [-0.25, -0.2) is 9.40 Å². The Bertz CT molecular complexity index is 1060. The molecule has 2 aliphatic heterocycles. The van der Waals surface area contributed by atoms with E-state index in [4.69, 9.17) is 9.84 Å². The highest BCUT2D eigenvalue weighted by molar-refractivity contribution is 6.01. The van der Waals surface area contributed by atoms with Gasteiger partial charge in [-0.1, -0.05) is 42.5 Å². The number of anilines is 1. The van der Waals surface area contributed by atoms with Crippen LogP contribution in [-0.4, -0.2) is 24.8 Å². The van der Waals surface area contributed by atoms with E-state index in [0.29, 0.717) is 0 Å². The normalized spacial score (nSPS) is 19.8. The number of nitrogens with zero attached hydrogens (tertiary/aromatic N) is 3. The van der Waals surface area contributed by atoms with Crippen LogP contribution in [0.5, 0.6) is 5.75 Å². The van der Waals surface area contributed by atoms with E-state index in [9.17, 15) is 4.39 Å². The molecule has 5 heteroatoms. The van der Waals surface area contributed by atoms with Gasteiger partial charge in [-0.2, -0.15) is 5.10 Å². The fourth-order valence-corrected chi connectivity index (χ4v) is 4.01. The van der Waals surface area contributed by atoms with Crippen LogP contribution in [0.2, 0.25) is 0 Å². The molecule has 146 valence electrons. The predicted molar refractivity (Wildman–Crippen MR) is 113 cm³/mol. The summed E-state index contributed by atoms with van der Waals surface area (Å²) in [5, 5.41) is 6.96. The van der Waals surface area contributed by atoms with Gasteiger partial charge < -0.3 is 9.64 Å². The van der Waals surface area contributed by atoms with E-state index in [0.717, 1.165) is 40.3 Å². The van der Waals surface area contributed by atoms with Crippen LogP contribution in [0.3, 0.4) is 0 Å². The second-order valence-electron chi connectivity index (χ2n) is 7.65. The minimum Gasteiger partial charge on any atom is -0.464 e. The summed E-state index contributed by atoms with van der Waals surface area (Å²) in [6.45, 7) is 0. The quantitative estimate of drug-likeness (QED) is 0.623. The summed E-state index contributed by atoms with van der Waals surface area (Å²) in [6.07, 6.45) is 0.460. The zero-order valence-corrected chi connectivity index (χ0v) is 16.4. The minimum absolute atomic E-state index is 0.0959. The molecule has 0 spiro atoms. The van der Waals surface area contributed by atoms with Crippen LogP contribution in [0.4, 0.5) is 10.1 Å². The fraction of sp³-hybridized carbons (Fsp3) is 0.208. The van der Waals surface area contributed by atoms with E-state index < -0.39 is 0 Å². The summed E-state index contributed by atoms with van der Waals surface area (Å²) in [7, 11) is 4.05. The smallest absolute Gasteiger partial charge is 0.213 e. The largest absolute Gasteiger partial charge is 0.464 e. The molecule has 0 radical (unpaired) electrons. The average molecular weight is 387 g/mol. The lowest BCUT2D eigenvalue weighted by Crippen LogP contribution is -2.33. The number of hydrazone groups is 1. The maximum atomic E-state index is 13.4. The first-order valence-corrected chi connectivity index (χ1v) is 9.75. The van der Waals surface area contributed by atoms with Gasteiger partial charge in [0.1, 0.15) is 11.6 Å². The van der Waals surface area contributed by atoms with Gasteiger partial charge in [0.15, 0.2) is 0 Å². The molecule has 0 aromatic heterocycles. The maximum absolute atomic E-state index is 13.4. The van der Waals surface area contributed by atoms with E-state index in [1.807, 2.05) is 37.3 Å². The summed E-state index contributed by atoms with van der Waals surface area (Å²) in [4.78, 5) is 2.07. The third-order valence-corrected chi connectivity index (χ3v) is 5.57. The fourth-order valence-electron chi connectivity index (χ4n) is 4.01. The molecule has 0 amide bonds. The third-order valence-electron chi connectivity index (χ3n) is 5.57. The number of hydrogen-bond acceptors (Lipinski definition) is 4. The van der Waals surface area contributed by atoms with E-state index >= 15 is 0 Å². The Kier molecular flexibility index (Phi) is 4.23. The average Bonchev–Trinajstić information content (AvgIpc) is 3.19. The highest BCUT2D eigenvalue weighted by Crippen LogP contribution is 2.47. The Morgan fingerprint density at radius 2 is 1.69 bits per heavy atom. The van der Waals surface area contributed by atoms with Crippen LogP contribution in [0.15, 0.2) is 77.9 Å². The summed E-state index contributed by atoms with van der Waals surface area (Å²) < 4.78 is 19.7. The van der Waals surface area contributed by atoms with E-state index in [1.54, 1.807) is 12.1 Å². The number of para-hydroxylation sites is 1. The molecule has 29 heavy (non-hydrogen) atoms. The van der Waals surface area contributed by atoms with Gasteiger partial charge in [-0.15, -0.1) is 0 Å². The number of fused-ring (bicyclic) bond motifs is 3. The lowest BCUT2D eigenvalue weighted by molar-refractivity contribution is -0.0190. The second kappa shape index (κ2) is 6.92. The number of ether oxygens (including phenoxy) is 1. The van der Waals surface area contributed by atoms with Gasteiger partial charge in [-0.05, 0) is 35.9 Å². The molecule has 0 bridgehead atoms. The van der Waals surface area contributed by atoms with Gasteiger partial charge >= 0.3 is 0 Å². The van der Waals surface area contributed by atoms with Gasteiger partial charge in [0.2, 0.25) is 6.23 Å². The summed E-state index contributed by atoms with van der Waals surface area (Å²) in [5.41, 5.74) is 5.22. The maximum Gasteiger partial charge on any atom is 0.213 e. The molecule has 0 aliphatic carbocycles. The lowest BCUT2D eigenvalue weighted by Gasteiger charge is -2.38. The Hall–Kier alpha value is -3.34. The van der Waals surface area contributed by atoms with Gasteiger partial charge in [0.05, 0.1) is 11.8 Å². The van der Waals surface area contributed by atoms with Crippen LogP contribution >= 0.6 is 0 Å². The van der Waals surface area contributed by atoms with Crippen molar-refractivity contribution in [2.75, 3.05) is 19.0 Å². The van der Waals surface area contributed by atoms with E-state index in [2.05, 4.69) is 35.2 Å². The Balaban J connectivity index is 1.55. The molecule has 3 aromatic carbocycles. The zero-order valence-electron chi connectivity index (χ0n) is 16.4. The van der Waals surface area contributed by atoms with Crippen LogP contribution in [0.1, 0.15) is 35.4 Å². The molecule has 0 fully saturated rings. The van der Waals surface area contributed by atoms with Crippen molar-refractivity contribution in [2.24, 2.45) is 5.10 Å². The second-order valence-corrected chi connectivity index (χ2v) is 7.65. The molecule has 5 rings (SSSR count). The van der Waals surface area contributed by atoms with Crippen molar-refractivity contribution < 1.29 is 9.13 Å². The van der Waals surface area contributed by atoms with Crippen molar-refractivity contribution in [3.05, 3.63) is 95.3 Å². The molecule has 3 aromatic rings. The van der Waals surface area contributed by atoms with Crippen LogP contribution in [-0.2, 0) is 0 Å². The van der Waals surface area contributed by atoms with Crippen molar-refractivity contribution in [3.8, 4) is 5.75 Å². The van der Waals surface area contributed by atoms with Gasteiger partial charge in [0.25, 0.3) is 0 Å². The van der Waals surface area contributed by atoms with Crippen LogP contribution in [0, 0.1) is 5.82 Å². The highest BCUT2D eigenvalue weighted by atomic mass is 19.1. The topological polar surface area (TPSA) is 28.1 Å². The first-order chi connectivity index (χ1) is 14.1. The molecule has 4 nitrogen and oxygen atoms in total. The number of benzene rings is 3. The Labute approximate surface area is 169 Å². The predicted octanol–water partition coefficient (Wildman–Crippen LogP) is 5.13. The van der Waals surface area contributed by atoms with Crippen LogP contribution < -0.4 is 9.64 Å². The summed E-state index contributed by atoms with van der Waals surface area (Å²) in [6, 6.07) is 23.2. The Morgan fingerprint density at radius 3 is 2.41 bits per heavy atom. The van der Waals surface area contributed by atoms with Gasteiger partial charge in [-0.3, -0.25) is 0 Å². The molecule has 0 saturated carbocycles. The molecular weight excluding hydrogens is 365 g/mol. The third kappa shape index (κ3) is 3.12. The standard InChI is InChI=1S/C24H22FN3O/c1-27(2)19-13-9-17(10-14-19)24-28-22(20-5-3-4-6-23(20)29-24)15-21(26-28)16-7-11-18(25)12-8-16/h3-14,22,24H,15H2,1-2H3/t22-,24-/m1/s1. The summed E-state index contributed by atoms with van der Waals surface area (Å²) >= 11 is 0. The number of halogens is 1. The minimum atomic E-state index is -0.302. The SMILES string of the molecule is CN(C)c1ccc([C@H]2Oc3ccccc3[C@H]3CC(c4ccc(F)cc4)=NN32)cc1.